The lowest BCUT2D eigenvalue weighted by Crippen LogP contribution is -2.48. The Morgan fingerprint density at radius 2 is 1.90 bits per heavy atom. The van der Waals surface area contributed by atoms with Crippen LogP contribution in [0.1, 0.15) is 40.5 Å². The molecule has 0 aromatic rings. The van der Waals surface area contributed by atoms with Gasteiger partial charge in [-0.2, -0.15) is 0 Å². The topological polar surface area (TPSA) is 67.6 Å². The van der Waals surface area contributed by atoms with Gasteiger partial charge in [-0.3, -0.25) is 4.79 Å². The second-order valence-corrected chi connectivity index (χ2v) is 6.19. The fraction of sp³-hybridized carbons (Fsp3) is 0.933. The molecule has 1 aliphatic rings. The molecular weight excluding hydrogens is 254 g/mol. The van der Waals surface area contributed by atoms with Crippen molar-refractivity contribution in [3.63, 3.8) is 0 Å². The second-order valence-electron chi connectivity index (χ2n) is 6.19. The molecule has 1 amide bonds. The number of ether oxygens (including phenoxy) is 1. The Hall–Kier alpha value is -0.650. The number of carbonyl (C=O) groups excluding carboxylic acids is 1. The fourth-order valence-corrected chi connectivity index (χ4v) is 2.29. The van der Waals surface area contributed by atoms with E-state index in [1.165, 1.54) is 0 Å². The molecular formula is C15H31N3O2. The van der Waals surface area contributed by atoms with Crippen molar-refractivity contribution in [2.24, 2.45) is 11.7 Å². The van der Waals surface area contributed by atoms with Crippen LogP contribution in [-0.4, -0.2) is 55.2 Å². The lowest BCUT2D eigenvalue weighted by molar-refractivity contribution is -0.126. The van der Waals surface area contributed by atoms with E-state index in [1.807, 2.05) is 13.8 Å². The van der Waals surface area contributed by atoms with Crippen LogP contribution in [0, 0.1) is 5.92 Å². The maximum atomic E-state index is 12.0. The van der Waals surface area contributed by atoms with E-state index in [2.05, 4.69) is 24.1 Å². The van der Waals surface area contributed by atoms with E-state index >= 15 is 0 Å². The highest BCUT2D eigenvalue weighted by atomic mass is 16.5. The number of hydrogen-bond donors (Lipinski definition) is 2. The summed E-state index contributed by atoms with van der Waals surface area (Å²) in [4.78, 5) is 14.4. The maximum Gasteiger partial charge on any atom is 0.224 e. The van der Waals surface area contributed by atoms with E-state index in [0.29, 0.717) is 12.1 Å². The Morgan fingerprint density at radius 3 is 2.40 bits per heavy atom. The summed E-state index contributed by atoms with van der Waals surface area (Å²) in [5, 5.41) is 3.12. The first kappa shape index (κ1) is 17.4. The highest BCUT2D eigenvalue weighted by Crippen LogP contribution is 2.11. The van der Waals surface area contributed by atoms with Crippen LogP contribution in [0.4, 0.5) is 0 Å². The molecule has 0 aromatic heterocycles. The second kappa shape index (κ2) is 8.60. The Kier molecular flexibility index (Phi) is 7.48. The van der Waals surface area contributed by atoms with Gasteiger partial charge in [0.2, 0.25) is 5.91 Å². The molecule has 1 heterocycles. The average molecular weight is 285 g/mol. The zero-order chi connectivity index (χ0) is 15.1. The van der Waals surface area contributed by atoms with Crippen molar-refractivity contribution in [3.8, 4) is 0 Å². The van der Waals surface area contributed by atoms with Crippen LogP contribution >= 0.6 is 0 Å². The largest absolute Gasteiger partial charge is 0.377 e. The van der Waals surface area contributed by atoms with Gasteiger partial charge in [-0.1, -0.05) is 6.92 Å². The predicted molar refractivity (Wildman–Crippen MR) is 81.5 cm³/mol. The predicted octanol–water partition coefficient (Wildman–Crippen LogP) is 0.975. The van der Waals surface area contributed by atoms with Gasteiger partial charge in [-0.25, -0.2) is 0 Å². The van der Waals surface area contributed by atoms with Crippen LogP contribution in [0.15, 0.2) is 0 Å². The number of nitrogens with one attached hydrogen (secondary N) is 1. The van der Waals surface area contributed by atoms with Crippen molar-refractivity contribution in [1.82, 2.24) is 10.2 Å². The molecule has 20 heavy (non-hydrogen) atoms. The zero-order valence-corrected chi connectivity index (χ0v) is 13.4. The van der Waals surface area contributed by atoms with Gasteiger partial charge in [0.05, 0.1) is 12.7 Å². The van der Waals surface area contributed by atoms with Crippen LogP contribution in [0.5, 0.6) is 0 Å². The number of nitrogens with zero attached hydrogens (tertiary/aromatic N) is 1. The van der Waals surface area contributed by atoms with E-state index in [4.69, 9.17) is 10.5 Å². The Balaban J connectivity index is 2.20. The van der Waals surface area contributed by atoms with Gasteiger partial charge < -0.3 is 20.7 Å². The zero-order valence-electron chi connectivity index (χ0n) is 13.4. The van der Waals surface area contributed by atoms with Crippen LogP contribution in [-0.2, 0) is 9.53 Å². The number of hydrogen-bond acceptors (Lipinski definition) is 4. The van der Waals surface area contributed by atoms with Crippen molar-refractivity contribution >= 4 is 5.91 Å². The summed E-state index contributed by atoms with van der Waals surface area (Å²) in [6.07, 6.45) is 2.32. The van der Waals surface area contributed by atoms with Crippen LogP contribution < -0.4 is 11.1 Å². The standard InChI is InChI=1S/C15H31N3O2/c1-11(2)20-10-9-18-7-5-14(6-8-18)17-15(19)12(3)13(4)16/h11-14H,5-10,16H2,1-4H3,(H,17,19). The number of piperidine rings is 1. The molecule has 1 fully saturated rings. The summed E-state index contributed by atoms with van der Waals surface area (Å²) in [7, 11) is 0. The van der Waals surface area contributed by atoms with Crippen molar-refractivity contribution in [2.75, 3.05) is 26.2 Å². The van der Waals surface area contributed by atoms with Gasteiger partial charge in [-0.15, -0.1) is 0 Å². The minimum atomic E-state index is -0.118. The van der Waals surface area contributed by atoms with E-state index in [9.17, 15) is 4.79 Å². The molecule has 2 unspecified atom stereocenters. The van der Waals surface area contributed by atoms with Crippen molar-refractivity contribution in [3.05, 3.63) is 0 Å². The molecule has 1 rings (SSSR count). The van der Waals surface area contributed by atoms with Crippen molar-refractivity contribution < 1.29 is 9.53 Å². The lowest BCUT2D eigenvalue weighted by atomic mass is 10.0. The van der Waals surface area contributed by atoms with Crippen LogP contribution in [0.2, 0.25) is 0 Å². The molecule has 2 atom stereocenters. The van der Waals surface area contributed by atoms with Crippen molar-refractivity contribution in [2.45, 2.75) is 58.7 Å². The summed E-state index contributed by atoms with van der Waals surface area (Å²) in [6.45, 7) is 11.7. The van der Waals surface area contributed by atoms with E-state index in [1.54, 1.807) is 0 Å². The summed E-state index contributed by atoms with van der Waals surface area (Å²) in [6, 6.07) is 0.203. The van der Waals surface area contributed by atoms with Gasteiger partial charge in [0.15, 0.2) is 0 Å². The normalized spacial score (nSPS) is 20.9. The molecule has 0 spiro atoms. The van der Waals surface area contributed by atoms with Crippen LogP contribution in [0.3, 0.4) is 0 Å². The van der Waals surface area contributed by atoms with Crippen molar-refractivity contribution in [1.29, 1.82) is 0 Å². The van der Waals surface area contributed by atoms with Gasteiger partial charge in [-0.05, 0) is 33.6 Å². The third kappa shape index (κ3) is 6.20. The number of likely N-dealkylation sites (tertiary alicyclic amines) is 1. The molecule has 0 aliphatic carbocycles. The Labute approximate surface area is 123 Å². The molecule has 0 aromatic carbocycles. The Bertz CT molecular complexity index is 287. The number of rotatable bonds is 7. The summed E-state index contributed by atoms with van der Waals surface area (Å²) in [5.74, 6) is -0.0333. The molecule has 118 valence electrons. The molecule has 0 radical (unpaired) electrons. The molecule has 1 aliphatic heterocycles. The first-order valence-corrected chi connectivity index (χ1v) is 7.80. The number of carbonyl (C=O) groups is 1. The average Bonchev–Trinajstić information content (AvgIpc) is 2.39. The van der Waals surface area contributed by atoms with Crippen LogP contribution in [0.25, 0.3) is 0 Å². The molecule has 1 saturated heterocycles. The van der Waals surface area contributed by atoms with Gasteiger partial charge in [0, 0.05) is 37.6 Å². The van der Waals surface area contributed by atoms with E-state index < -0.39 is 0 Å². The lowest BCUT2D eigenvalue weighted by Gasteiger charge is -2.33. The third-order valence-electron chi connectivity index (χ3n) is 3.99. The number of amides is 1. The maximum absolute atomic E-state index is 12.0. The summed E-state index contributed by atoms with van der Waals surface area (Å²) >= 11 is 0. The third-order valence-corrected chi connectivity index (χ3v) is 3.99. The fourth-order valence-electron chi connectivity index (χ4n) is 2.29. The first-order valence-electron chi connectivity index (χ1n) is 7.80. The minimum Gasteiger partial charge on any atom is -0.377 e. The summed E-state index contributed by atoms with van der Waals surface area (Å²) in [5.41, 5.74) is 5.76. The highest BCUT2D eigenvalue weighted by Gasteiger charge is 2.23. The van der Waals surface area contributed by atoms with E-state index in [0.717, 1.165) is 39.1 Å². The minimum absolute atomic E-state index is 0.0848. The molecule has 0 bridgehead atoms. The summed E-state index contributed by atoms with van der Waals surface area (Å²) < 4.78 is 5.57. The molecule has 5 nitrogen and oxygen atoms in total. The van der Waals surface area contributed by atoms with Gasteiger partial charge in [0.25, 0.3) is 0 Å². The molecule has 3 N–H and O–H groups in total. The molecule has 5 heteroatoms. The first-order chi connectivity index (χ1) is 9.40. The highest BCUT2D eigenvalue weighted by molar-refractivity contribution is 5.79. The smallest absolute Gasteiger partial charge is 0.224 e. The number of nitrogens with two attached hydrogens (primary N) is 1. The molecule has 0 saturated carbocycles. The SMILES string of the molecule is CC(C)OCCN1CCC(NC(=O)C(C)C(C)N)CC1. The Morgan fingerprint density at radius 1 is 1.30 bits per heavy atom. The quantitative estimate of drug-likeness (QED) is 0.731. The monoisotopic (exact) mass is 285 g/mol. The van der Waals surface area contributed by atoms with Gasteiger partial charge in [0.1, 0.15) is 0 Å². The van der Waals surface area contributed by atoms with Gasteiger partial charge >= 0.3 is 0 Å². The van der Waals surface area contributed by atoms with E-state index in [-0.39, 0.29) is 17.9 Å².